The van der Waals surface area contributed by atoms with Gasteiger partial charge in [0.05, 0.1) is 7.11 Å². The highest BCUT2D eigenvalue weighted by molar-refractivity contribution is 5.52. The Hall–Kier alpha value is -2.40. The fourth-order valence-corrected chi connectivity index (χ4v) is 2.89. The summed E-state index contributed by atoms with van der Waals surface area (Å²) in [5.74, 6) is 3.37. The summed E-state index contributed by atoms with van der Waals surface area (Å²) in [6, 6.07) is 12.2. The van der Waals surface area contributed by atoms with Gasteiger partial charge in [-0.15, -0.1) is 0 Å². The molecule has 0 atom stereocenters. The van der Waals surface area contributed by atoms with Gasteiger partial charge >= 0.3 is 0 Å². The van der Waals surface area contributed by atoms with Gasteiger partial charge in [-0.3, -0.25) is 4.90 Å². The SMILES string of the molecule is COc1ccc(CCN2COc3cc4c(cc3C2)OCO4)cc1. The Labute approximate surface area is 135 Å². The van der Waals surface area contributed by atoms with Gasteiger partial charge in [-0.2, -0.15) is 0 Å². The summed E-state index contributed by atoms with van der Waals surface area (Å²) in [6.45, 7) is 2.70. The minimum absolute atomic E-state index is 0.291. The van der Waals surface area contributed by atoms with Gasteiger partial charge in [-0.1, -0.05) is 12.1 Å². The van der Waals surface area contributed by atoms with Gasteiger partial charge in [0, 0.05) is 24.7 Å². The fraction of sp³-hybridized carbons (Fsp3) is 0.333. The van der Waals surface area contributed by atoms with E-state index in [1.165, 1.54) is 5.56 Å². The smallest absolute Gasteiger partial charge is 0.231 e. The van der Waals surface area contributed by atoms with Crippen molar-refractivity contribution in [1.29, 1.82) is 0 Å². The topological polar surface area (TPSA) is 40.2 Å². The fourth-order valence-electron chi connectivity index (χ4n) is 2.89. The molecule has 2 heterocycles. The van der Waals surface area contributed by atoms with Crippen molar-refractivity contribution >= 4 is 0 Å². The Balaban J connectivity index is 1.40. The van der Waals surface area contributed by atoms with Crippen molar-refractivity contribution in [3.8, 4) is 23.0 Å². The first-order valence-electron chi connectivity index (χ1n) is 7.72. The minimum atomic E-state index is 0.291. The number of methoxy groups -OCH3 is 1. The lowest BCUT2D eigenvalue weighted by molar-refractivity contribution is 0.0963. The molecule has 0 saturated heterocycles. The molecule has 0 N–H and O–H groups in total. The van der Waals surface area contributed by atoms with Crippen LogP contribution in [0.4, 0.5) is 0 Å². The summed E-state index contributed by atoms with van der Waals surface area (Å²) in [5.41, 5.74) is 2.44. The standard InChI is InChI=1S/C18H19NO4/c1-20-15-4-2-13(3-5-15)6-7-19-10-14-8-17-18(23-12-22-17)9-16(14)21-11-19/h2-5,8-9H,6-7,10-12H2,1H3. The third kappa shape index (κ3) is 2.92. The molecule has 4 rings (SSSR count). The number of hydrogen-bond acceptors (Lipinski definition) is 5. The zero-order valence-electron chi connectivity index (χ0n) is 13.1. The highest BCUT2D eigenvalue weighted by Crippen LogP contribution is 2.39. The predicted octanol–water partition coefficient (Wildman–Crippen LogP) is 2.82. The quantitative estimate of drug-likeness (QED) is 0.868. The second kappa shape index (κ2) is 6.01. The van der Waals surface area contributed by atoms with Crippen LogP contribution < -0.4 is 18.9 Å². The maximum Gasteiger partial charge on any atom is 0.231 e. The van der Waals surface area contributed by atoms with E-state index in [0.717, 1.165) is 48.1 Å². The van der Waals surface area contributed by atoms with E-state index in [-0.39, 0.29) is 0 Å². The molecule has 0 aliphatic carbocycles. The lowest BCUT2D eigenvalue weighted by atomic mass is 10.1. The van der Waals surface area contributed by atoms with Gasteiger partial charge in [-0.25, -0.2) is 0 Å². The van der Waals surface area contributed by atoms with Gasteiger partial charge < -0.3 is 18.9 Å². The average molecular weight is 313 g/mol. The first kappa shape index (κ1) is 14.2. The summed E-state index contributed by atoms with van der Waals surface area (Å²) >= 11 is 0. The Morgan fingerprint density at radius 2 is 1.78 bits per heavy atom. The van der Waals surface area contributed by atoms with Crippen LogP contribution in [-0.2, 0) is 13.0 Å². The van der Waals surface area contributed by atoms with E-state index in [9.17, 15) is 0 Å². The van der Waals surface area contributed by atoms with Gasteiger partial charge in [-0.05, 0) is 30.2 Å². The average Bonchev–Trinajstić information content (AvgIpc) is 3.05. The summed E-state index contributed by atoms with van der Waals surface area (Å²) in [7, 11) is 1.68. The van der Waals surface area contributed by atoms with E-state index in [1.54, 1.807) is 7.11 Å². The molecule has 5 nitrogen and oxygen atoms in total. The molecule has 23 heavy (non-hydrogen) atoms. The summed E-state index contributed by atoms with van der Waals surface area (Å²) in [4.78, 5) is 2.29. The Bertz CT molecular complexity index is 699. The zero-order chi connectivity index (χ0) is 15.6. The van der Waals surface area contributed by atoms with E-state index >= 15 is 0 Å². The Kier molecular flexibility index (Phi) is 3.71. The first-order chi connectivity index (χ1) is 11.3. The lowest BCUT2D eigenvalue weighted by Crippen LogP contribution is -2.33. The maximum absolute atomic E-state index is 5.86. The molecule has 0 aromatic heterocycles. The van der Waals surface area contributed by atoms with Crippen LogP contribution in [-0.4, -0.2) is 32.1 Å². The molecule has 0 fully saturated rings. The number of nitrogens with zero attached hydrogens (tertiary/aromatic N) is 1. The molecule has 120 valence electrons. The molecule has 0 spiro atoms. The minimum Gasteiger partial charge on any atom is -0.497 e. The van der Waals surface area contributed by atoms with Crippen molar-refractivity contribution < 1.29 is 18.9 Å². The molecule has 2 aliphatic heterocycles. The van der Waals surface area contributed by atoms with Gasteiger partial charge in [0.25, 0.3) is 0 Å². The monoisotopic (exact) mass is 313 g/mol. The number of ether oxygens (including phenoxy) is 4. The van der Waals surface area contributed by atoms with Gasteiger partial charge in [0.2, 0.25) is 6.79 Å². The normalized spacial score (nSPS) is 15.9. The van der Waals surface area contributed by atoms with Crippen molar-refractivity contribution in [3.63, 3.8) is 0 Å². The van der Waals surface area contributed by atoms with Crippen LogP contribution in [0, 0.1) is 0 Å². The summed E-state index contributed by atoms with van der Waals surface area (Å²) in [5, 5.41) is 0. The molecule has 0 saturated carbocycles. The van der Waals surface area contributed by atoms with E-state index in [2.05, 4.69) is 17.0 Å². The largest absolute Gasteiger partial charge is 0.497 e. The molecular formula is C18H19NO4. The van der Waals surface area contributed by atoms with E-state index in [4.69, 9.17) is 18.9 Å². The van der Waals surface area contributed by atoms with Gasteiger partial charge in [0.15, 0.2) is 11.5 Å². The van der Waals surface area contributed by atoms with Crippen LogP contribution >= 0.6 is 0 Å². The molecule has 0 amide bonds. The number of hydrogen-bond donors (Lipinski definition) is 0. The van der Waals surface area contributed by atoms with Crippen LogP contribution in [0.2, 0.25) is 0 Å². The third-order valence-corrected chi connectivity index (χ3v) is 4.23. The molecule has 5 heteroatoms. The zero-order valence-corrected chi connectivity index (χ0v) is 13.1. The lowest BCUT2D eigenvalue weighted by Gasteiger charge is -2.29. The van der Waals surface area contributed by atoms with Crippen LogP contribution in [0.1, 0.15) is 11.1 Å². The highest BCUT2D eigenvalue weighted by atomic mass is 16.7. The molecular weight excluding hydrogens is 294 g/mol. The number of benzene rings is 2. The van der Waals surface area contributed by atoms with E-state index in [0.29, 0.717) is 13.5 Å². The Morgan fingerprint density at radius 1 is 1.00 bits per heavy atom. The second-order valence-electron chi connectivity index (χ2n) is 5.74. The summed E-state index contributed by atoms with van der Waals surface area (Å²) in [6.07, 6.45) is 0.979. The highest BCUT2D eigenvalue weighted by Gasteiger charge is 2.23. The van der Waals surface area contributed by atoms with Crippen LogP contribution in [0.15, 0.2) is 36.4 Å². The molecule has 2 aliphatic rings. The number of fused-ring (bicyclic) bond motifs is 2. The molecule has 0 unspecified atom stereocenters. The third-order valence-electron chi connectivity index (χ3n) is 4.23. The number of rotatable bonds is 4. The van der Waals surface area contributed by atoms with Crippen molar-refractivity contribution in [2.24, 2.45) is 0 Å². The van der Waals surface area contributed by atoms with Gasteiger partial charge in [0.1, 0.15) is 18.2 Å². The molecule has 0 radical (unpaired) electrons. The van der Waals surface area contributed by atoms with Crippen molar-refractivity contribution in [2.45, 2.75) is 13.0 Å². The van der Waals surface area contributed by atoms with Crippen molar-refractivity contribution in [2.75, 3.05) is 27.2 Å². The second-order valence-corrected chi connectivity index (χ2v) is 5.74. The van der Waals surface area contributed by atoms with Crippen LogP contribution in [0.5, 0.6) is 23.0 Å². The predicted molar refractivity (Wildman–Crippen MR) is 85.2 cm³/mol. The molecule has 2 aromatic rings. The van der Waals surface area contributed by atoms with E-state index in [1.807, 2.05) is 24.3 Å². The first-order valence-corrected chi connectivity index (χ1v) is 7.72. The van der Waals surface area contributed by atoms with Crippen LogP contribution in [0.25, 0.3) is 0 Å². The maximum atomic E-state index is 5.86. The molecule has 2 aromatic carbocycles. The van der Waals surface area contributed by atoms with Crippen molar-refractivity contribution in [3.05, 3.63) is 47.5 Å². The van der Waals surface area contributed by atoms with Crippen LogP contribution in [0.3, 0.4) is 0 Å². The summed E-state index contributed by atoms with van der Waals surface area (Å²) < 4.78 is 21.9. The molecule has 0 bridgehead atoms. The Morgan fingerprint density at radius 3 is 2.57 bits per heavy atom. The van der Waals surface area contributed by atoms with E-state index < -0.39 is 0 Å². The van der Waals surface area contributed by atoms with Crippen molar-refractivity contribution in [1.82, 2.24) is 4.90 Å².